The summed E-state index contributed by atoms with van der Waals surface area (Å²) in [6, 6.07) is 0. The van der Waals surface area contributed by atoms with Gasteiger partial charge in [0, 0.05) is 0 Å². The first-order valence-corrected chi connectivity index (χ1v) is 2.91. The molecule has 0 fully saturated rings. The fourth-order valence-corrected chi connectivity index (χ4v) is 0.285. The van der Waals surface area contributed by atoms with E-state index in [1.807, 2.05) is 0 Å². The lowest BCUT2D eigenvalue weighted by atomic mass is 9.92. The Kier molecular flexibility index (Phi) is 2.20. The van der Waals surface area contributed by atoms with E-state index in [1.165, 1.54) is 6.92 Å². The van der Waals surface area contributed by atoms with Crippen molar-refractivity contribution in [1.29, 1.82) is 0 Å². The van der Waals surface area contributed by atoms with E-state index >= 15 is 0 Å². The Balaban J connectivity index is 4.19. The lowest BCUT2D eigenvalue weighted by molar-refractivity contribution is -0.138. The van der Waals surface area contributed by atoms with Crippen molar-refractivity contribution in [2.75, 3.05) is 0 Å². The fourth-order valence-electron chi connectivity index (χ4n) is 0.285. The van der Waals surface area contributed by atoms with E-state index in [9.17, 15) is 9.90 Å². The number of carbonyl (C=O) groups excluding carboxylic acids is 1. The SMILES string of the molecule is CC(C)[C@@](C)(O)C(N)=O. The van der Waals surface area contributed by atoms with Crippen molar-refractivity contribution in [2.45, 2.75) is 26.4 Å². The maximum absolute atomic E-state index is 10.4. The van der Waals surface area contributed by atoms with Gasteiger partial charge in [0.2, 0.25) is 5.91 Å². The van der Waals surface area contributed by atoms with E-state index in [1.54, 1.807) is 13.8 Å². The Morgan fingerprint density at radius 3 is 2.00 bits per heavy atom. The molecular weight excluding hydrogens is 118 g/mol. The van der Waals surface area contributed by atoms with E-state index in [-0.39, 0.29) is 5.92 Å². The number of hydrogen-bond acceptors (Lipinski definition) is 2. The Hall–Kier alpha value is -0.570. The summed E-state index contributed by atoms with van der Waals surface area (Å²) in [7, 11) is 0. The molecule has 0 saturated carbocycles. The molecule has 0 aromatic rings. The molecule has 0 heterocycles. The van der Waals surface area contributed by atoms with Gasteiger partial charge in [-0.05, 0) is 12.8 Å². The largest absolute Gasteiger partial charge is 0.380 e. The van der Waals surface area contributed by atoms with Crippen LogP contribution in [0.5, 0.6) is 0 Å². The molecule has 0 aromatic heterocycles. The molecule has 1 amide bonds. The predicted octanol–water partition coefficient (Wildman–Crippen LogP) is -0.121. The smallest absolute Gasteiger partial charge is 0.249 e. The van der Waals surface area contributed by atoms with Gasteiger partial charge in [-0.15, -0.1) is 0 Å². The summed E-state index contributed by atoms with van der Waals surface area (Å²) in [4.78, 5) is 10.4. The monoisotopic (exact) mass is 131 g/mol. The van der Waals surface area contributed by atoms with Gasteiger partial charge in [0.05, 0.1) is 0 Å². The minimum Gasteiger partial charge on any atom is -0.380 e. The van der Waals surface area contributed by atoms with Gasteiger partial charge < -0.3 is 10.8 Å². The minimum atomic E-state index is -1.36. The second kappa shape index (κ2) is 2.35. The van der Waals surface area contributed by atoms with Gasteiger partial charge in [0.15, 0.2) is 0 Å². The maximum Gasteiger partial charge on any atom is 0.249 e. The van der Waals surface area contributed by atoms with Crippen molar-refractivity contribution in [2.24, 2.45) is 11.7 Å². The van der Waals surface area contributed by atoms with Gasteiger partial charge in [-0.3, -0.25) is 4.79 Å². The molecule has 0 unspecified atom stereocenters. The van der Waals surface area contributed by atoms with Crippen molar-refractivity contribution in [3.8, 4) is 0 Å². The van der Waals surface area contributed by atoms with Gasteiger partial charge in [-0.25, -0.2) is 0 Å². The van der Waals surface area contributed by atoms with Crippen molar-refractivity contribution >= 4 is 5.91 Å². The lowest BCUT2D eigenvalue weighted by Crippen LogP contribution is -2.45. The van der Waals surface area contributed by atoms with Gasteiger partial charge in [-0.1, -0.05) is 13.8 Å². The highest BCUT2D eigenvalue weighted by Crippen LogP contribution is 2.14. The zero-order valence-corrected chi connectivity index (χ0v) is 6.01. The number of hydrogen-bond donors (Lipinski definition) is 2. The third kappa shape index (κ3) is 1.68. The van der Waals surface area contributed by atoms with Crippen LogP contribution in [0.15, 0.2) is 0 Å². The average Bonchev–Trinajstić information content (AvgIpc) is 1.65. The molecule has 0 radical (unpaired) electrons. The van der Waals surface area contributed by atoms with Gasteiger partial charge in [-0.2, -0.15) is 0 Å². The maximum atomic E-state index is 10.4. The average molecular weight is 131 g/mol. The Morgan fingerprint density at radius 2 is 2.00 bits per heavy atom. The summed E-state index contributed by atoms with van der Waals surface area (Å²) in [6.45, 7) is 4.90. The number of aliphatic hydroxyl groups is 1. The summed E-state index contributed by atoms with van der Waals surface area (Å²) >= 11 is 0. The molecule has 54 valence electrons. The van der Waals surface area contributed by atoms with E-state index in [0.29, 0.717) is 0 Å². The molecule has 1 atom stereocenters. The zero-order valence-electron chi connectivity index (χ0n) is 6.01. The lowest BCUT2D eigenvalue weighted by Gasteiger charge is -2.22. The van der Waals surface area contributed by atoms with E-state index in [4.69, 9.17) is 5.73 Å². The highest BCUT2D eigenvalue weighted by molar-refractivity contribution is 5.82. The molecule has 0 rings (SSSR count). The normalized spacial score (nSPS) is 17.4. The second-order valence-electron chi connectivity index (χ2n) is 2.67. The van der Waals surface area contributed by atoms with E-state index < -0.39 is 11.5 Å². The van der Waals surface area contributed by atoms with Gasteiger partial charge in [0.1, 0.15) is 5.60 Å². The molecule has 0 aliphatic carbocycles. The molecule has 3 nitrogen and oxygen atoms in total. The molecule has 3 heteroatoms. The summed E-state index contributed by atoms with van der Waals surface area (Å²) in [5.41, 5.74) is 3.52. The molecule has 9 heavy (non-hydrogen) atoms. The molecule has 0 aliphatic rings. The first-order chi connectivity index (χ1) is 3.89. The minimum absolute atomic E-state index is 0.130. The van der Waals surface area contributed by atoms with Gasteiger partial charge in [0.25, 0.3) is 0 Å². The molecular formula is C6H13NO2. The third-order valence-electron chi connectivity index (χ3n) is 1.62. The van der Waals surface area contributed by atoms with Crippen LogP contribution in [0.3, 0.4) is 0 Å². The fraction of sp³-hybridized carbons (Fsp3) is 0.833. The summed E-state index contributed by atoms with van der Waals surface area (Å²) < 4.78 is 0. The molecule has 0 saturated heterocycles. The van der Waals surface area contributed by atoms with E-state index in [2.05, 4.69) is 0 Å². The Labute approximate surface area is 54.9 Å². The molecule has 0 spiro atoms. The van der Waals surface area contributed by atoms with Gasteiger partial charge >= 0.3 is 0 Å². The van der Waals surface area contributed by atoms with Crippen LogP contribution in [-0.2, 0) is 4.79 Å². The molecule has 0 aromatic carbocycles. The third-order valence-corrected chi connectivity index (χ3v) is 1.62. The molecule has 3 N–H and O–H groups in total. The number of rotatable bonds is 2. The Bertz CT molecular complexity index is 118. The summed E-state index contributed by atoms with van der Waals surface area (Å²) in [6.07, 6.45) is 0. The first kappa shape index (κ1) is 8.43. The van der Waals surface area contributed by atoms with Crippen LogP contribution in [0.2, 0.25) is 0 Å². The van der Waals surface area contributed by atoms with Crippen LogP contribution in [0.25, 0.3) is 0 Å². The van der Waals surface area contributed by atoms with E-state index in [0.717, 1.165) is 0 Å². The summed E-state index contributed by atoms with van der Waals surface area (Å²) in [5, 5.41) is 9.19. The van der Waals surface area contributed by atoms with Crippen LogP contribution < -0.4 is 5.73 Å². The summed E-state index contributed by atoms with van der Waals surface area (Å²) in [5.74, 6) is -0.799. The van der Waals surface area contributed by atoms with Crippen molar-refractivity contribution < 1.29 is 9.90 Å². The van der Waals surface area contributed by atoms with Crippen LogP contribution in [-0.4, -0.2) is 16.6 Å². The standard InChI is InChI=1S/C6H13NO2/c1-4(2)6(3,9)5(7)8/h4,9H,1-3H3,(H2,7,8)/t6-/m1/s1. The Morgan fingerprint density at radius 1 is 1.67 bits per heavy atom. The first-order valence-electron chi connectivity index (χ1n) is 2.91. The second-order valence-corrected chi connectivity index (χ2v) is 2.67. The quantitative estimate of drug-likeness (QED) is 0.548. The molecule has 0 aliphatic heterocycles. The molecule has 0 bridgehead atoms. The number of amides is 1. The van der Waals surface area contributed by atoms with Crippen LogP contribution in [0.1, 0.15) is 20.8 Å². The van der Waals surface area contributed by atoms with Crippen molar-refractivity contribution in [1.82, 2.24) is 0 Å². The van der Waals surface area contributed by atoms with Crippen molar-refractivity contribution in [3.05, 3.63) is 0 Å². The number of nitrogens with two attached hydrogens (primary N) is 1. The number of primary amides is 1. The van der Waals surface area contributed by atoms with Crippen LogP contribution in [0.4, 0.5) is 0 Å². The topological polar surface area (TPSA) is 63.3 Å². The number of carbonyl (C=O) groups is 1. The highest BCUT2D eigenvalue weighted by Gasteiger charge is 2.31. The van der Waals surface area contributed by atoms with Crippen molar-refractivity contribution in [3.63, 3.8) is 0 Å². The van der Waals surface area contributed by atoms with Crippen LogP contribution >= 0.6 is 0 Å². The highest BCUT2D eigenvalue weighted by atomic mass is 16.3. The zero-order chi connectivity index (χ0) is 7.65. The predicted molar refractivity (Wildman–Crippen MR) is 34.7 cm³/mol. The van der Waals surface area contributed by atoms with Crippen LogP contribution in [0, 0.1) is 5.92 Å².